The Hall–Kier alpha value is -0.120. The van der Waals surface area contributed by atoms with Gasteiger partial charge in [0.1, 0.15) is 0 Å². The Labute approximate surface area is 74.3 Å². The topological polar surface area (TPSA) is 58.3 Å². The van der Waals surface area contributed by atoms with E-state index in [0.29, 0.717) is 12.1 Å². The number of aliphatic hydroxyl groups excluding tert-OH is 1. The van der Waals surface area contributed by atoms with Crippen molar-refractivity contribution in [3.63, 3.8) is 0 Å². The quantitative estimate of drug-likeness (QED) is 0.569. The third kappa shape index (κ3) is 2.73. The molecule has 3 atom stereocenters. The van der Waals surface area contributed by atoms with Gasteiger partial charge in [0.15, 0.2) is 0 Å². The average Bonchev–Trinajstić information content (AvgIpc) is 2.47. The molecule has 0 aliphatic heterocycles. The minimum Gasteiger partial charge on any atom is -0.395 e. The minimum absolute atomic E-state index is 0.238. The van der Waals surface area contributed by atoms with Crippen molar-refractivity contribution in [2.45, 2.75) is 50.7 Å². The van der Waals surface area contributed by atoms with Crippen LogP contribution in [0.2, 0.25) is 0 Å². The Bertz CT molecular complexity index is 126. The second kappa shape index (κ2) is 4.80. The highest BCUT2D eigenvalue weighted by molar-refractivity contribution is 4.84. The van der Waals surface area contributed by atoms with Crippen molar-refractivity contribution < 1.29 is 5.11 Å². The van der Waals surface area contributed by atoms with Crippen molar-refractivity contribution >= 4 is 0 Å². The highest BCUT2D eigenvalue weighted by Gasteiger charge is 2.22. The van der Waals surface area contributed by atoms with E-state index in [2.05, 4.69) is 12.2 Å². The van der Waals surface area contributed by atoms with Crippen LogP contribution in [0, 0.1) is 0 Å². The van der Waals surface area contributed by atoms with Gasteiger partial charge in [-0.05, 0) is 25.7 Å². The zero-order valence-corrected chi connectivity index (χ0v) is 7.79. The summed E-state index contributed by atoms with van der Waals surface area (Å²) in [5, 5.41) is 12.4. The zero-order chi connectivity index (χ0) is 8.97. The van der Waals surface area contributed by atoms with Crippen LogP contribution in [0.5, 0.6) is 0 Å². The SMILES string of the molecule is CCC(CO)NC1CCC(N)C1. The van der Waals surface area contributed by atoms with Crippen LogP contribution in [0.1, 0.15) is 32.6 Å². The van der Waals surface area contributed by atoms with E-state index >= 15 is 0 Å². The molecular weight excluding hydrogens is 152 g/mol. The van der Waals surface area contributed by atoms with Crippen LogP contribution >= 0.6 is 0 Å². The molecule has 0 aromatic heterocycles. The van der Waals surface area contributed by atoms with Gasteiger partial charge in [0.05, 0.1) is 6.61 Å². The van der Waals surface area contributed by atoms with Gasteiger partial charge in [0.2, 0.25) is 0 Å². The Balaban J connectivity index is 2.21. The molecule has 1 rings (SSSR count). The standard InChI is InChI=1S/C9H20N2O/c1-2-8(6-12)11-9-4-3-7(10)5-9/h7-9,11-12H,2-6,10H2,1H3. The molecule has 3 nitrogen and oxygen atoms in total. The first-order valence-corrected chi connectivity index (χ1v) is 4.88. The smallest absolute Gasteiger partial charge is 0.0584 e. The van der Waals surface area contributed by atoms with Crippen molar-refractivity contribution in [2.75, 3.05) is 6.61 Å². The lowest BCUT2D eigenvalue weighted by molar-refractivity contribution is 0.227. The normalized spacial score (nSPS) is 32.2. The van der Waals surface area contributed by atoms with Crippen molar-refractivity contribution in [1.82, 2.24) is 5.32 Å². The van der Waals surface area contributed by atoms with Gasteiger partial charge in [-0.2, -0.15) is 0 Å². The van der Waals surface area contributed by atoms with Gasteiger partial charge in [-0.1, -0.05) is 6.92 Å². The third-order valence-electron chi connectivity index (χ3n) is 2.66. The van der Waals surface area contributed by atoms with E-state index in [1.165, 1.54) is 0 Å². The highest BCUT2D eigenvalue weighted by Crippen LogP contribution is 2.17. The number of nitrogens with two attached hydrogens (primary N) is 1. The van der Waals surface area contributed by atoms with E-state index in [0.717, 1.165) is 25.7 Å². The fourth-order valence-electron chi connectivity index (χ4n) is 1.80. The molecule has 0 spiro atoms. The van der Waals surface area contributed by atoms with Crippen molar-refractivity contribution in [3.8, 4) is 0 Å². The van der Waals surface area contributed by atoms with E-state index in [-0.39, 0.29) is 12.6 Å². The Kier molecular flexibility index (Phi) is 3.98. The van der Waals surface area contributed by atoms with Crippen LogP contribution < -0.4 is 11.1 Å². The summed E-state index contributed by atoms with van der Waals surface area (Å²) in [5.41, 5.74) is 5.78. The van der Waals surface area contributed by atoms with E-state index in [1.807, 2.05) is 0 Å². The summed E-state index contributed by atoms with van der Waals surface area (Å²) >= 11 is 0. The lowest BCUT2D eigenvalue weighted by Crippen LogP contribution is -2.39. The molecule has 0 radical (unpaired) electrons. The predicted octanol–water partition coefficient (Wildman–Crippen LogP) is 0.227. The summed E-state index contributed by atoms with van der Waals surface area (Å²) < 4.78 is 0. The first-order chi connectivity index (χ1) is 5.76. The molecule has 0 bridgehead atoms. The largest absolute Gasteiger partial charge is 0.395 e. The monoisotopic (exact) mass is 172 g/mol. The fraction of sp³-hybridized carbons (Fsp3) is 1.00. The second-order valence-corrected chi connectivity index (χ2v) is 3.72. The van der Waals surface area contributed by atoms with Gasteiger partial charge in [-0.3, -0.25) is 0 Å². The maximum absolute atomic E-state index is 8.96. The average molecular weight is 172 g/mol. The van der Waals surface area contributed by atoms with Gasteiger partial charge in [0.25, 0.3) is 0 Å². The number of rotatable bonds is 4. The van der Waals surface area contributed by atoms with Gasteiger partial charge >= 0.3 is 0 Å². The van der Waals surface area contributed by atoms with Gasteiger partial charge in [0, 0.05) is 18.1 Å². The highest BCUT2D eigenvalue weighted by atomic mass is 16.3. The van der Waals surface area contributed by atoms with Gasteiger partial charge in [-0.15, -0.1) is 0 Å². The number of nitrogens with one attached hydrogen (secondary N) is 1. The first-order valence-electron chi connectivity index (χ1n) is 4.88. The summed E-state index contributed by atoms with van der Waals surface area (Å²) in [6, 6.07) is 1.18. The molecule has 0 amide bonds. The molecule has 1 aliphatic carbocycles. The first kappa shape index (κ1) is 9.96. The maximum atomic E-state index is 8.96. The molecule has 4 N–H and O–H groups in total. The van der Waals surface area contributed by atoms with E-state index in [1.54, 1.807) is 0 Å². The van der Waals surface area contributed by atoms with E-state index in [9.17, 15) is 0 Å². The Morgan fingerprint density at radius 2 is 2.33 bits per heavy atom. The third-order valence-corrected chi connectivity index (χ3v) is 2.66. The lowest BCUT2D eigenvalue weighted by Gasteiger charge is -2.19. The predicted molar refractivity (Wildman–Crippen MR) is 49.9 cm³/mol. The number of hydrogen-bond acceptors (Lipinski definition) is 3. The second-order valence-electron chi connectivity index (χ2n) is 3.72. The lowest BCUT2D eigenvalue weighted by atomic mass is 10.1. The Morgan fingerprint density at radius 1 is 1.58 bits per heavy atom. The maximum Gasteiger partial charge on any atom is 0.0584 e. The molecule has 0 aromatic rings. The van der Waals surface area contributed by atoms with Gasteiger partial charge < -0.3 is 16.2 Å². The molecule has 3 heteroatoms. The summed E-state index contributed by atoms with van der Waals surface area (Å²) in [6.07, 6.45) is 4.34. The molecule has 1 aliphatic rings. The van der Waals surface area contributed by atoms with Crippen molar-refractivity contribution in [1.29, 1.82) is 0 Å². The minimum atomic E-state index is 0.238. The van der Waals surface area contributed by atoms with E-state index in [4.69, 9.17) is 10.8 Å². The van der Waals surface area contributed by atoms with Crippen LogP contribution in [0.3, 0.4) is 0 Å². The molecule has 1 fully saturated rings. The molecule has 0 saturated heterocycles. The van der Waals surface area contributed by atoms with Crippen molar-refractivity contribution in [3.05, 3.63) is 0 Å². The van der Waals surface area contributed by atoms with E-state index < -0.39 is 0 Å². The number of hydrogen-bond donors (Lipinski definition) is 3. The summed E-state index contributed by atoms with van der Waals surface area (Å²) in [7, 11) is 0. The molecule has 72 valence electrons. The molecule has 1 saturated carbocycles. The summed E-state index contributed by atoms with van der Waals surface area (Å²) in [6.45, 7) is 2.32. The molecule has 12 heavy (non-hydrogen) atoms. The zero-order valence-electron chi connectivity index (χ0n) is 7.79. The van der Waals surface area contributed by atoms with Crippen LogP contribution in [0.25, 0.3) is 0 Å². The van der Waals surface area contributed by atoms with Gasteiger partial charge in [-0.25, -0.2) is 0 Å². The van der Waals surface area contributed by atoms with Crippen LogP contribution in [-0.2, 0) is 0 Å². The summed E-state index contributed by atoms with van der Waals surface area (Å²) in [5.74, 6) is 0. The number of aliphatic hydroxyl groups is 1. The molecular formula is C9H20N2O. The summed E-state index contributed by atoms with van der Waals surface area (Å²) in [4.78, 5) is 0. The van der Waals surface area contributed by atoms with Crippen LogP contribution in [0.15, 0.2) is 0 Å². The molecule has 0 aromatic carbocycles. The fourth-order valence-corrected chi connectivity index (χ4v) is 1.80. The molecule has 0 heterocycles. The Morgan fingerprint density at radius 3 is 2.75 bits per heavy atom. The van der Waals surface area contributed by atoms with Crippen LogP contribution in [0.4, 0.5) is 0 Å². The molecule has 3 unspecified atom stereocenters. The van der Waals surface area contributed by atoms with Crippen molar-refractivity contribution in [2.24, 2.45) is 5.73 Å². The van der Waals surface area contributed by atoms with Crippen LogP contribution in [-0.4, -0.2) is 29.8 Å².